The Morgan fingerprint density at radius 2 is 1.57 bits per heavy atom. The second-order valence-corrected chi connectivity index (χ2v) is 11.8. The predicted octanol–water partition coefficient (Wildman–Crippen LogP) is 5.56. The third-order valence-electron chi connectivity index (χ3n) is 5.66. The van der Waals surface area contributed by atoms with Crippen LogP contribution in [0.4, 0.5) is 5.69 Å². The third-order valence-corrected chi connectivity index (χ3v) is 8.54. The van der Waals surface area contributed by atoms with Crippen molar-refractivity contribution in [3.8, 4) is 0 Å². The van der Waals surface area contributed by atoms with Crippen molar-refractivity contribution in [3.63, 3.8) is 0 Å². The first-order chi connectivity index (χ1) is 16.7. The van der Waals surface area contributed by atoms with Gasteiger partial charge in [-0.15, -0.1) is 0 Å². The monoisotopic (exact) mass is 510 g/mol. The zero-order valence-corrected chi connectivity index (χ0v) is 22.5. The second-order valence-electron chi connectivity index (χ2n) is 8.86. The average molecular weight is 511 g/mol. The highest BCUT2D eigenvalue weighted by Gasteiger charge is 2.28. The van der Waals surface area contributed by atoms with Gasteiger partial charge in [-0.1, -0.05) is 65.2 Å². The van der Waals surface area contributed by atoms with Gasteiger partial charge in [0.25, 0.3) is 10.0 Å². The Balaban J connectivity index is 1.62. The summed E-state index contributed by atoms with van der Waals surface area (Å²) in [6.45, 7) is 8.05. The maximum Gasteiger partial charge on any atom is 0.264 e. The summed E-state index contributed by atoms with van der Waals surface area (Å²) in [5.41, 5.74) is 5.88. The molecule has 0 aliphatic rings. The summed E-state index contributed by atoms with van der Waals surface area (Å²) in [6.07, 6.45) is 0.816. The molecule has 0 aromatic heterocycles. The lowest BCUT2D eigenvalue weighted by Gasteiger charge is -2.26. The number of carbonyl (C=O) groups excluding carboxylic acids is 1. The minimum Gasteiger partial charge on any atom is -0.354 e. The number of nitrogens with zero attached hydrogens (tertiary/aromatic N) is 1. The molecule has 0 saturated carbocycles. The number of hydrogen-bond acceptors (Lipinski definition) is 4. The molecular weight excluding hydrogens is 476 g/mol. The van der Waals surface area contributed by atoms with Crippen LogP contribution in [0.3, 0.4) is 0 Å². The Kier molecular flexibility index (Phi) is 9.40. The number of hydrogen-bond donors (Lipinski definition) is 1. The summed E-state index contributed by atoms with van der Waals surface area (Å²) in [5, 5.41) is 2.90. The van der Waals surface area contributed by atoms with Gasteiger partial charge in [-0.05, 0) is 69.2 Å². The maximum absolute atomic E-state index is 13.5. The predicted molar refractivity (Wildman–Crippen MR) is 147 cm³/mol. The van der Waals surface area contributed by atoms with Crippen molar-refractivity contribution in [3.05, 3.63) is 94.5 Å². The van der Waals surface area contributed by atoms with Gasteiger partial charge in [0.05, 0.1) is 10.6 Å². The van der Waals surface area contributed by atoms with Crippen LogP contribution < -0.4 is 9.62 Å². The van der Waals surface area contributed by atoms with E-state index in [1.54, 1.807) is 30.3 Å². The van der Waals surface area contributed by atoms with E-state index in [1.165, 1.54) is 15.4 Å². The van der Waals surface area contributed by atoms with E-state index >= 15 is 0 Å². The lowest BCUT2D eigenvalue weighted by molar-refractivity contribution is -0.119. The van der Waals surface area contributed by atoms with Crippen LogP contribution in [-0.4, -0.2) is 33.2 Å². The first-order valence-electron chi connectivity index (χ1n) is 11.7. The molecule has 0 spiro atoms. The molecule has 0 saturated heterocycles. The van der Waals surface area contributed by atoms with Crippen LogP contribution in [-0.2, 0) is 20.6 Å². The van der Waals surface area contributed by atoms with Crippen molar-refractivity contribution in [1.29, 1.82) is 0 Å². The number of amides is 1. The van der Waals surface area contributed by atoms with Gasteiger partial charge in [0.2, 0.25) is 5.91 Å². The van der Waals surface area contributed by atoms with Crippen molar-refractivity contribution in [2.45, 2.75) is 44.8 Å². The molecular formula is C28H34N2O3S2. The number of anilines is 1. The number of carbonyl (C=O) groups is 1. The highest BCUT2D eigenvalue weighted by molar-refractivity contribution is 7.98. The van der Waals surface area contributed by atoms with E-state index in [0.29, 0.717) is 12.2 Å². The summed E-state index contributed by atoms with van der Waals surface area (Å²) in [5.74, 6) is 1.53. The van der Waals surface area contributed by atoms with Gasteiger partial charge in [-0.3, -0.25) is 9.10 Å². The molecule has 5 nitrogen and oxygen atoms in total. The van der Waals surface area contributed by atoms with E-state index in [9.17, 15) is 13.2 Å². The van der Waals surface area contributed by atoms with Gasteiger partial charge in [0.15, 0.2) is 0 Å². The smallest absolute Gasteiger partial charge is 0.264 e. The molecule has 186 valence electrons. The quantitative estimate of drug-likeness (QED) is 0.343. The number of rotatable bonds is 11. The van der Waals surface area contributed by atoms with E-state index < -0.39 is 10.0 Å². The molecule has 35 heavy (non-hydrogen) atoms. The number of nitrogens with one attached hydrogen (secondary N) is 1. The Labute approximate surface area is 214 Å². The van der Waals surface area contributed by atoms with Gasteiger partial charge < -0.3 is 5.32 Å². The summed E-state index contributed by atoms with van der Waals surface area (Å²) in [7, 11) is -3.91. The molecule has 1 amide bonds. The Bertz CT molecular complexity index is 1260. The lowest BCUT2D eigenvalue weighted by atomic mass is 10.1. The van der Waals surface area contributed by atoms with Crippen molar-refractivity contribution in [2.24, 2.45) is 0 Å². The van der Waals surface area contributed by atoms with Crippen molar-refractivity contribution in [1.82, 2.24) is 5.32 Å². The largest absolute Gasteiger partial charge is 0.354 e. The van der Waals surface area contributed by atoms with Crippen LogP contribution in [0, 0.1) is 27.7 Å². The fourth-order valence-electron chi connectivity index (χ4n) is 3.80. The van der Waals surface area contributed by atoms with Crippen LogP contribution in [0.2, 0.25) is 0 Å². The van der Waals surface area contributed by atoms with Crippen LogP contribution in [0.1, 0.15) is 34.2 Å². The van der Waals surface area contributed by atoms with E-state index in [4.69, 9.17) is 0 Å². The molecule has 0 fully saturated rings. The molecule has 7 heteroatoms. The highest BCUT2D eigenvalue weighted by Crippen LogP contribution is 2.27. The molecule has 0 aliphatic carbocycles. The zero-order chi connectivity index (χ0) is 25.4. The molecule has 0 heterocycles. The number of aryl methyl sites for hydroxylation is 4. The fraction of sp³-hybridized carbons (Fsp3) is 0.321. The zero-order valence-electron chi connectivity index (χ0n) is 20.9. The Morgan fingerprint density at radius 3 is 2.26 bits per heavy atom. The van der Waals surface area contributed by atoms with Gasteiger partial charge in [0, 0.05) is 12.3 Å². The maximum atomic E-state index is 13.5. The standard InChI is InChI=1S/C28H34N2O3S2/c1-21-9-12-26(13-10-21)35(32,33)30(27-14-11-23(3)17-24(27)4)19-28(31)29-15-6-16-34-20-25-8-5-7-22(2)18-25/h5,7-14,17-18H,6,15-16,19-20H2,1-4H3,(H,29,31). The van der Waals surface area contributed by atoms with E-state index in [-0.39, 0.29) is 17.3 Å². The molecule has 1 N–H and O–H groups in total. The Morgan fingerprint density at radius 1 is 0.886 bits per heavy atom. The van der Waals surface area contributed by atoms with E-state index in [1.807, 2.05) is 44.7 Å². The first kappa shape index (κ1) is 26.8. The van der Waals surface area contributed by atoms with Crippen LogP contribution in [0.25, 0.3) is 0 Å². The van der Waals surface area contributed by atoms with Crippen LogP contribution in [0.15, 0.2) is 71.6 Å². The minimum absolute atomic E-state index is 0.170. The SMILES string of the molecule is Cc1ccc(S(=O)(=O)N(CC(=O)NCCCSCc2cccc(C)c2)c2ccc(C)cc2C)cc1. The first-order valence-corrected chi connectivity index (χ1v) is 14.3. The highest BCUT2D eigenvalue weighted by atomic mass is 32.2. The van der Waals surface area contributed by atoms with E-state index in [2.05, 4.69) is 36.5 Å². The van der Waals surface area contributed by atoms with Gasteiger partial charge in [0.1, 0.15) is 6.54 Å². The average Bonchev–Trinajstić information content (AvgIpc) is 2.80. The third kappa shape index (κ3) is 7.61. The normalized spacial score (nSPS) is 11.3. The van der Waals surface area contributed by atoms with Gasteiger partial charge >= 0.3 is 0 Å². The van der Waals surface area contributed by atoms with Crippen molar-refractivity contribution in [2.75, 3.05) is 23.1 Å². The Hall–Kier alpha value is -2.77. The second kappa shape index (κ2) is 12.3. The van der Waals surface area contributed by atoms with Gasteiger partial charge in [-0.25, -0.2) is 8.42 Å². The van der Waals surface area contributed by atoms with Crippen molar-refractivity contribution >= 4 is 33.4 Å². The summed E-state index contributed by atoms with van der Waals surface area (Å²) < 4.78 is 28.3. The number of benzene rings is 3. The molecule has 0 unspecified atom stereocenters. The topological polar surface area (TPSA) is 66.5 Å². The summed E-state index contributed by atoms with van der Waals surface area (Å²) in [6, 6.07) is 20.7. The molecule has 3 aromatic carbocycles. The molecule has 0 aliphatic heterocycles. The lowest BCUT2D eigenvalue weighted by Crippen LogP contribution is -2.41. The number of thioether (sulfide) groups is 1. The van der Waals surface area contributed by atoms with E-state index in [0.717, 1.165) is 34.6 Å². The molecule has 0 bridgehead atoms. The summed E-state index contributed by atoms with van der Waals surface area (Å²) in [4.78, 5) is 13.0. The van der Waals surface area contributed by atoms with Crippen LogP contribution in [0.5, 0.6) is 0 Å². The molecule has 3 rings (SSSR count). The molecule has 0 radical (unpaired) electrons. The minimum atomic E-state index is -3.91. The summed E-state index contributed by atoms with van der Waals surface area (Å²) >= 11 is 1.83. The number of sulfonamides is 1. The van der Waals surface area contributed by atoms with Crippen LogP contribution >= 0.6 is 11.8 Å². The molecule has 3 aromatic rings. The van der Waals surface area contributed by atoms with Gasteiger partial charge in [-0.2, -0.15) is 11.8 Å². The molecule has 0 atom stereocenters. The van der Waals surface area contributed by atoms with Crippen molar-refractivity contribution < 1.29 is 13.2 Å². The fourth-order valence-corrected chi connectivity index (χ4v) is 6.20.